The molecule has 0 bridgehead atoms. The molecule has 4 N–H and O–H groups in total. The number of halogens is 2. The lowest BCUT2D eigenvalue weighted by molar-refractivity contribution is 0.0991. The highest BCUT2D eigenvalue weighted by Crippen LogP contribution is 2.27. The van der Waals surface area contributed by atoms with Gasteiger partial charge in [0, 0.05) is 30.9 Å². The van der Waals surface area contributed by atoms with Crippen molar-refractivity contribution in [1.82, 2.24) is 24.8 Å². The number of hydrogen-bond acceptors (Lipinski definition) is 9. The fraction of sp³-hybridized carbons (Fsp3) is 0.455. The second kappa shape index (κ2) is 11.0. The zero-order chi connectivity index (χ0) is 23.2. The van der Waals surface area contributed by atoms with Gasteiger partial charge in [-0.05, 0) is 43.9 Å². The summed E-state index contributed by atoms with van der Waals surface area (Å²) in [6.07, 6.45) is 6.86. The summed E-state index contributed by atoms with van der Waals surface area (Å²) in [7, 11) is 0. The van der Waals surface area contributed by atoms with Crippen molar-refractivity contribution in [3.8, 4) is 0 Å². The van der Waals surface area contributed by atoms with Gasteiger partial charge in [0.05, 0.1) is 24.4 Å². The van der Waals surface area contributed by atoms with E-state index in [1.165, 1.54) is 18.5 Å². The van der Waals surface area contributed by atoms with Crippen molar-refractivity contribution in [3.05, 3.63) is 41.6 Å². The van der Waals surface area contributed by atoms with Crippen LogP contribution in [0.15, 0.2) is 30.7 Å². The van der Waals surface area contributed by atoms with Gasteiger partial charge in [-0.1, -0.05) is 11.6 Å². The molecule has 2 heterocycles. The van der Waals surface area contributed by atoms with Crippen molar-refractivity contribution < 1.29 is 14.6 Å². The van der Waals surface area contributed by atoms with Gasteiger partial charge in [0.25, 0.3) is 0 Å². The second-order valence-corrected chi connectivity index (χ2v) is 8.44. The molecule has 1 saturated carbocycles. The van der Waals surface area contributed by atoms with E-state index in [2.05, 4.69) is 35.5 Å². The van der Waals surface area contributed by atoms with Gasteiger partial charge in [-0.3, -0.25) is 4.90 Å². The Bertz CT molecular complexity index is 1080. The van der Waals surface area contributed by atoms with E-state index in [1.54, 1.807) is 12.3 Å². The van der Waals surface area contributed by atoms with Crippen LogP contribution < -0.4 is 10.6 Å². The van der Waals surface area contributed by atoms with Crippen LogP contribution in [0.25, 0.3) is 11.0 Å². The summed E-state index contributed by atoms with van der Waals surface area (Å²) in [5.74, 6) is 0.470. The molecular weight excluding hydrogens is 449 g/mol. The molecule has 2 aromatic heterocycles. The summed E-state index contributed by atoms with van der Waals surface area (Å²) in [4.78, 5) is 19.7. The molecule has 0 spiro atoms. The van der Waals surface area contributed by atoms with Gasteiger partial charge in [0.15, 0.2) is 5.82 Å². The monoisotopic (exact) mass is 475 g/mol. The molecule has 176 valence electrons. The lowest BCUT2D eigenvalue weighted by Crippen LogP contribution is -2.43. The van der Waals surface area contributed by atoms with Crippen molar-refractivity contribution >= 4 is 40.1 Å². The molecule has 0 aliphatic heterocycles. The summed E-state index contributed by atoms with van der Waals surface area (Å²) < 4.78 is 13.5. The Kier molecular flexibility index (Phi) is 7.81. The van der Waals surface area contributed by atoms with Crippen molar-refractivity contribution in [2.75, 3.05) is 36.9 Å². The molecule has 1 aliphatic rings. The summed E-state index contributed by atoms with van der Waals surface area (Å²) >= 11 is 5.89. The SMILES string of the molecule is OCCN(CCO)C1CCC(Nc2ncc3ncnc(Nc4ccc(F)c(Cl)c4)c3n2)CC1. The first kappa shape index (κ1) is 23.5. The van der Waals surface area contributed by atoms with Crippen LogP contribution in [0.1, 0.15) is 25.7 Å². The van der Waals surface area contributed by atoms with E-state index in [9.17, 15) is 14.6 Å². The number of rotatable bonds is 9. The van der Waals surface area contributed by atoms with Crippen LogP contribution in [0, 0.1) is 5.82 Å². The zero-order valence-corrected chi connectivity index (χ0v) is 18.8. The first-order valence-electron chi connectivity index (χ1n) is 11.0. The molecule has 0 saturated heterocycles. The molecular formula is C22H27ClFN7O2. The minimum atomic E-state index is -0.492. The van der Waals surface area contributed by atoms with Crippen LogP contribution in [0.2, 0.25) is 5.02 Å². The van der Waals surface area contributed by atoms with Crippen molar-refractivity contribution in [3.63, 3.8) is 0 Å². The first-order valence-corrected chi connectivity index (χ1v) is 11.4. The van der Waals surface area contributed by atoms with Gasteiger partial charge < -0.3 is 20.8 Å². The van der Waals surface area contributed by atoms with Crippen molar-refractivity contribution in [2.24, 2.45) is 0 Å². The van der Waals surface area contributed by atoms with E-state index < -0.39 is 5.82 Å². The van der Waals surface area contributed by atoms with Gasteiger partial charge in [0.2, 0.25) is 5.95 Å². The molecule has 9 nitrogen and oxygen atoms in total. The molecule has 0 radical (unpaired) electrons. The van der Waals surface area contributed by atoms with Crippen LogP contribution in [-0.2, 0) is 0 Å². The minimum absolute atomic E-state index is 0.0162. The van der Waals surface area contributed by atoms with Crippen LogP contribution in [0.4, 0.5) is 21.8 Å². The highest BCUT2D eigenvalue weighted by atomic mass is 35.5. The van der Waals surface area contributed by atoms with E-state index in [1.807, 2.05) is 0 Å². The number of anilines is 3. The maximum absolute atomic E-state index is 13.5. The molecule has 0 unspecified atom stereocenters. The Labute approximate surface area is 196 Å². The minimum Gasteiger partial charge on any atom is -0.395 e. The normalized spacial score (nSPS) is 18.6. The number of benzene rings is 1. The Balaban J connectivity index is 1.45. The molecule has 1 fully saturated rings. The summed E-state index contributed by atoms with van der Waals surface area (Å²) in [5, 5.41) is 25.1. The molecule has 0 amide bonds. The number of aromatic nitrogens is 4. The molecule has 11 heteroatoms. The Hall–Kier alpha value is -2.66. The van der Waals surface area contributed by atoms with Crippen LogP contribution >= 0.6 is 11.6 Å². The zero-order valence-electron chi connectivity index (χ0n) is 18.1. The molecule has 3 aromatic rings. The molecule has 4 rings (SSSR count). The van der Waals surface area contributed by atoms with E-state index >= 15 is 0 Å². The van der Waals surface area contributed by atoms with Crippen molar-refractivity contribution in [2.45, 2.75) is 37.8 Å². The third-order valence-corrected chi connectivity index (χ3v) is 6.17. The lowest BCUT2D eigenvalue weighted by Gasteiger charge is -2.36. The number of nitrogens with zero attached hydrogens (tertiary/aromatic N) is 5. The molecule has 1 aromatic carbocycles. The number of aliphatic hydroxyl groups is 2. The number of hydrogen-bond donors (Lipinski definition) is 4. The Morgan fingerprint density at radius 2 is 1.82 bits per heavy atom. The average Bonchev–Trinajstić information content (AvgIpc) is 2.82. The summed E-state index contributed by atoms with van der Waals surface area (Å²) in [5.41, 5.74) is 1.71. The number of nitrogens with one attached hydrogen (secondary N) is 2. The highest BCUT2D eigenvalue weighted by molar-refractivity contribution is 6.31. The Morgan fingerprint density at radius 1 is 1.06 bits per heavy atom. The number of fused-ring (bicyclic) bond motifs is 1. The van der Waals surface area contributed by atoms with Gasteiger partial charge in [-0.15, -0.1) is 0 Å². The third kappa shape index (κ3) is 5.83. The molecule has 0 atom stereocenters. The topological polar surface area (TPSA) is 119 Å². The van der Waals surface area contributed by atoms with E-state index in [0.29, 0.717) is 47.6 Å². The quantitative estimate of drug-likeness (QED) is 0.370. The lowest BCUT2D eigenvalue weighted by atomic mass is 9.90. The fourth-order valence-corrected chi connectivity index (χ4v) is 4.41. The maximum atomic E-state index is 13.5. The van der Waals surface area contributed by atoms with Crippen LogP contribution in [-0.4, -0.2) is 73.4 Å². The van der Waals surface area contributed by atoms with E-state index in [-0.39, 0.29) is 24.3 Å². The molecule has 1 aliphatic carbocycles. The second-order valence-electron chi connectivity index (χ2n) is 8.04. The van der Waals surface area contributed by atoms with Gasteiger partial charge in [0.1, 0.15) is 23.2 Å². The first-order chi connectivity index (χ1) is 16.1. The third-order valence-electron chi connectivity index (χ3n) is 5.88. The van der Waals surface area contributed by atoms with Crippen LogP contribution in [0.5, 0.6) is 0 Å². The van der Waals surface area contributed by atoms with Gasteiger partial charge >= 0.3 is 0 Å². The average molecular weight is 476 g/mol. The molecule has 33 heavy (non-hydrogen) atoms. The highest BCUT2D eigenvalue weighted by Gasteiger charge is 2.26. The van der Waals surface area contributed by atoms with Gasteiger partial charge in [-0.25, -0.2) is 24.3 Å². The largest absolute Gasteiger partial charge is 0.395 e. The number of aliphatic hydroxyl groups excluding tert-OH is 2. The summed E-state index contributed by atoms with van der Waals surface area (Å²) in [6, 6.07) is 4.92. The fourth-order valence-electron chi connectivity index (χ4n) is 4.23. The maximum Gasteiger partial charge on any atom is 0.223 e. The van der Waals surface area contributed by atoms with Gasteiger partial charge in [-0.2, -0.15) is 0 Å². The van der Waals surface area contributed by atoms with E-state index in [0.717, 1.165) is 25.7 Å². The summed E-state index contributed by atoms with van der Waals surface area (Å²) in [6.45, 7) is 1.33. The Morgan fingerprint density at radius 3 is 2.52 bits per heavy atom. The standard InChI is InChI=1S/C22H27ClFN7O2/c23-17-11-15(3-6-18(17)24)28-21-20-19(26-13-27-21)12-25-22(30-20)29-14-1-4-16(5-2-14)31(7-9-32)8-10-33/h3,6,11-14,16,32-33H,1-2,4-5,7-10H2,(H,25,29,30)(H,26,27,28). The smallest absolute Gasteiger partial charge is 0.223 e. The predicted octanol–water partition coefficient (Wildman–Crippen LogP) is 2.97. The van der Waals surface area contributed by atoms with Crippen molar-refractivity contribution in [1.29, 1.82) is 0 Å². The van der Waals surface area contributed by atoms with E-state index in [4.69, 9.17) is 11.6 Å². The van der Waals surface area contributed by atoms with Crippen LogP contribution in [0.3, 0.4) is 0 Å². The predicted molar refractivity (Wildman–Crippen MR) is 125 cm³/mol.